The molecule has 74 valence electrons. The van der Waals surface area contributed by atoms with Crippen LogP contribution in [0.25, 0.3) is 11.0 Å². The fourth-order valence-corrected chi connectivity index (χ4v) is 1.12. The van der Waals surface area contributed by atoms with E-state index in [4.69, 9.17) is 0 Å². The van der Waals surface area contributed by atoms with Crippen molar-refractivity contribution in [2.45, 2.75) is 0 Å². The van der Waals surface area contributed by atoms with Crippen LogP contribution in [0.3, 0.4) is 0 Å². The maximum Gasteiger partial charge on any atom is 0.323 e. The lowest BCUT2D eigenvalue weighted by atomic mass is 10.2. The van der Waals surface area contributed by atoms with E-state index in [9.17, 15) is 22.4 Å². The van der Waals surface area contributed by atoms with Crippen LogP contribution in [0.4, 0.5) is 17.6 Å². The summed E-state index contributed by atoms with van der Waals surface area (Å²) >= 11 is 0. The van der Waals surface area contributed by atoms with E-state index in [1.165, 1.54) is 0 Å². The van der Waals surface area contributed by atoms with Crippen LogP contribution in [-0.4, -0.2) is 9.97 Å². The van der Waals surface area contributed by atoms with Crippen molar-refractivity contribution in [1.82, 2.24) is 9.97 Å². The van der Waals surface area contributed by atoms with E-state index < -0.39 is 40.0 Å². The van der Waals surface area contributed by atoms with E-state index in [1.54, 1.807) is 9.97 Å². The van der Waals surface area contributed by atoms with Gasteiger partial charge in [0.15, 0.2) is 23.3 Å². The van der Waals surface area contributed by atoms with Crippen LogP contribution >= 0.6 is 0 Å². The molecule has 1 aromatic heterocycles. The molecule has 3 nitrogen and oxygen atoms in total. The summed E-state index contributed by atoms with van der Waals surface area (Å²) in [6.07, 6.45) is 0. The maximum atomic E-state index is 12.9. The SMILES string of the molecule is O=c1[nH]c2c(F)c(F)c(F)c(F)c2[nH]1. The third-order valence-electron chi connectivity index (χ3n) is 1.74. The lowest BCUT2D eigenvalue weighted by molar-refractivity contribution is 0.417. The standard InChI is InChI=1S/C7H2F4N2O/c8-1-2(9)4(11)6-5(3(1)10)12-7(14)13-6/h(H2,12,13,14). The van der Waals surface area contributed by atoms with Gasteiger partial charge in [-0.05, 0) is 0 Å². The van der Waals surface area contributed by atoms with Gasteiger partial charge in [-0.15, -0.1) is 0 Å². The molecule has 0 unspecified atom stereocenters. The first-order valence-electron chi connectivity index (χ1n) is 3.46. The van der Waals surface area contributed by atoms with E-state index in [-0.39, 0.29) is 0 Å². The third kappa shape index (κ3) is 0.949. The first-order chi connectivity index (χ1) is 6.52. The number of aromatic amines is 2. The van der Waals surface area contributed by atoms with E-state index in [1.807, 2.05) is 0 Å². The smallest absolute Gasteiger partial charge is 0.303 e. The summed E-state index contributed by atoms with van der Waals surface area (Å²) in [6.45, 7) is 0. The van der Waals surface area contributed by atoms with Crippen LogP contribution < -0.4 is 5.69 Å². The Labute approximate surface area is 73.4 Å². The lowest BCUT2D eigenvalue weighted by Gasteiger charge is -1.98. The Morgan fingerprint density at radius 3 is 1.43 bits per heavy atom. The summed E-state index contributed by atoms with van der Waals surface area (Å²) in [7, 11) is 0. The van der Waals surface area contributed by atoms with Gasteiger partial charge in [0.25, 0.3) is 0 Å². The van der Waals surface area contributed by atoms with Crippen molar-refractivity contribution in [3.8, 4) is 0 Å². The van der Waals surface area contributed by atoms with Crippen LogP contribution in [0.2, 0.25) is 0 Å². The number of hydrogen-bond acceptors (Lipinski definition) is 1. The minimum Gasteiger partial charge on any atom is -0.303 e. The van der Waals surface area contributed by atoms with Gasteiger partial charge in [-0.1, -0.05) is 0 Å². The molecule has 0 spiro atoms. The van der Waals surface area contributed by atoms with Gasteiger partial charge in [0.1, 0.15) is 11.0 Å². The van der Waals surface area contributed by atoms with Crippen LogP contribution in [0.1, 0.15) is 0 Å². The molecule has 1 heterocycles. The predicted octanol–water partition coefficient (Wildman–Crippen LogP) is 1.41. The topological polar surface area (TPSA) is 48.6 Å². The van der Waals surface area contributed by atoms with Gasteiger partial charge in [0, 0.05) is 0 Å². The molecule has 2 aromatic rings. The van der Waals surface area contributed by atoms with Gasteiger partial charge in [-0.25, -0.2) is 22.4 Å². The Hall–Kier alpha value is -1.79. The third-order valence-corrected chi connectivity index (χ3v) is 1.74. The highest BCUT2D eigenvalue weighted by atomic mass is 19.2. The van der Waals surface area contributed by atoms with E-state index in [0.717, 1.165) is 0 Å². The van der Waals surface area contributed by atoms with Crippen molar-refractivity contribution in [3.05, 3.63) is 33.8 Å². The molecule has 7 heteroatoms. The Balaban J connectivity index is 3.08. The molecule has 0 bridgehead atoms. The summed E-state index contributed by atoms with van der Waals surface area (Å²) in [4.78, 5) is 14.2. The van der Waals surface area contributed by atoms with Gasteiger partial charge in [-0.2, -0.15) is 0 Å². The van der Waals surface area contributed by atoms with Crippen LogP contribution in [-0.2, 0) is 0 Å². The number of rotatable bonds is 0. The molecule has 0 aliphatic heterocycles. The summed E-state index contributed by atoms with van der Waals surface area (Å²) < 4.78 is 51.0. The number of H-pyrrole nitrogens is 2. The lowest BCUT2D eigenvalue weighted by Crippen LogP contribution is -1.99. The van der Waals surface area contributed by atoms with Crippen molar-refractivity contribution >= 4 is 11.0 Å². The van der Waals surface area contributed by atoms with Crippen LogP contribution in [0.5, 0.6) is 0 Å². The second kappa shape index (κ2) is 2.60. The number of imidazole rings is 1. The number of hydrogen-bond donors (Lipinski definition) is 2. The maximum absolute atomic E-state index is 12.9. The highest BCUT2D eigenvalue weighted by molar-refractivity contribution is 5.75. The first-order valence-corrected chi connectivity index (χ1v) is 3.46. The van der Waals surface area contributed by atoms with Crippen molar-refractivity contribution < 1.29 is 17.6 Å². The normalized spacial score (nSPS) is 11.1. The molecule has 2 rings (SSSR count). The average Bonchev–Trinajstić information content (AvgIpc) is 2.54. The number of nitrogens with one attached hydrogen (secondary N) is 2. The highest BCUT2D eigenvalue weighted by Crippen LogP contribution is 2.22. The first kappa shape index (κ1) is 8.79. The highest BCUT2D eigenvalue weighted by Gasteiger charge is 2.22. The van der Waals surface area contributed by atoms with Gasteiger partial charge >= 0.3 is 5.69 Å². The fourth-order valence-electron chi connectivity index (χ4n) is 1.12. The predicted molar refractivity (Wildman–Crippen MR) is 38.8 cm³/mol. The monoisotopic (exact) mass is 206 g/mol. The molecule has 0 aliphatic rings. The number of fused-ring (bicyclic) bond motifs is 1. The quantitative estimate of drug-likeness (QED) is 0.382. The van der Waals surface area contributed by atoms with E-state index in [0.29, 0.717) is 0 Å². The average molecular weight is 206 g/mol. The molecule has 0 radical (unpaired) electrons. The Morgan fingerprint density at radius 2 is 1.07 bits per heavy atom. The van der Waals surface area contributed by atoms with Gasteiger partial charge in [0.2, 0.25) is 0 Å². The summed E-state index contributed by atoms with van der Waals surface area (Å²) in [6, 6.07) is 0. The fraction of sp³-hybridized carbons (Fsp3) is 0. The van der Waals surface area contributed by atoms with Gasteiger partial charge in [0.05, 0.1) is 0 Å². The molecule has 1 aromatic carbocycles. The van der Waals surface area contributed by atoms with E-state index in [2.05, 4.69) is 0 Å². The van der Waals surface area contributed by atoms with Crippen molar-refractivity contribution in [2.75, 3.05) is 0 Å². The summed E-state index contributed by atoms with van der Waals surface area (Å²) in [5, 5.41) is 0. The number of aromatic nitrogens is 2. The molecule has 0 fully saturated rings. The van der Waals surface area contributed by atoms with Crippen LogP contribution in [0.15, 0.2) is 4.79 Å². The van der Waals surface area contributed by atoms with Gasteiger partial charge in [-0.3, -0.25) is 0 Å². The van der Waals surface area contributed by atoms with Gasteiger partial charge < -0.3 is 9.97 Å². The molecule has 14 heavy (non-hydrogen) atoms. The Bertz CT molecular complexity index is 523. The zero-order valence-corrected chi connectivity index (χ0v) is 6.42. The largest absolute Gasteiger partial charge is 0.323 e. The Morgan fingerprint density at radius 1 is 0.714 bits per heavy atom. The molecule has 0 saturated heterocycles. The minimum absolute atomic E-state index is 0.716. The minimum atomic E-state index is -1.95. The van der Waals surface area contributed by atoms with Crippen LogP contribution in [0, 0.1) is 23.3 Å². The Kier molecular flexibility index (Phi) is 1.63. The molecule has 0 amide bonds. The molecule has 0 aliphatic carbocycles. The summed E-state index contributed by atoms with van der Waals surface area (Å²) in [5.41, 5.74) is -2.37. The molecule has 0 atom stereocenters. The molecule has 0 saturated carbocycles. The van der Waals surface area contributed by atoms with Crippen molar-refractivity contribution in [2.24, 2.45) is 0 Å². The van der Waals surface area contributed by atoms with Crippen molar-refractivity contribution in [3.63, 3.8) is 0 Å². The van der Waals surface area contributed by atoms with E-state index >= 15 is 0 Å². The second-order valence-corrected chi connectivity index (χ2v) is 2.59. The number of halogens is 4. The molecular weight excluding hydrogens is 204 g/mol. The molecule has 2 N–H and O–H groups in total. The molecular formula is C7H2F4N2O. The zero-order valence-electron chi connectivity index (χ0n) is 6.42. The second-order valence-electron chi connectivity index (χ2n) is 2.59. The van der Waals surface area contributed by atoms with Crippen molar-refractivity contribution in [1.29, 1.82) is 0 Å². The zero-order chi connectivity index (χ0) is 10.5. The summed E-state index contributed by atoms with van der Waals surface area (Å²) in [5.74, 6) is -7.16. The number of benzene rings is 1.